The Hall–Kier alpha value is -0.430. The van der Waals surface area contributed by atoms with Crippen LogP contribution in [0, 0.1) is 0 Å². The molecule has 106 valence electrons. The van der Waals surface area contributed by atoms with Gasteiger partial charge >= 0.3 is 0 Å². The van der Waals surface area contributed by atoms with Crippen LogP contribution >= 0.6 is 22.9 Å². The molecule has 0 spiro atoms. The number of nitrogens with zero attached hydrogens (tertiary/aromatic N) is 1. The highest BCUT2D eigenvalue weighted by Crippen LogP contribution is 2.25. The molecule has 1 aromatic rings. The second-order valence-electron chi connectivity index (χ2n) is 4.87. The summed E-state index contributed by atoms with van der Waals surface area (Å²) in [4.78, 5) is 14.8. The van der Waals surface area contributed by atoms with Crippen LogP contribution in [0.4, 0.5) is 0 Å². The number of sulfone groups is 1. The average molecular weight is 322 g/mol. The van der Waals surface area contributed by atoms with Crippen molar-refractivity contribution in [1.82, 2.24) is 4.90 Å². The second kappa shape index (κ2) is 5.52. The minimum Gasteiger partial charge on any atom is -0.293 e. The number of rotatable bonds is 4. The van der Waals surface area contributed by atoms with E-state index >= 15 is 0 Å². The summed E-state index contributed by atoms with van der Waals surface area (Å²) in [6.45, 7) is 1.81. The summed E-state index contributed by atoms with van der Waals surface area (Å²) in [6.07, 6.45) is 0.599. The molecule has 1 saturated heterocycles. The third-order valence-electron chi connectivity index (χ3n) is 3.59. The van der Waals surface area contributed by atoms with Gasteiger partial charge in [-0.05, 0) is 32.5 Å². The molecule has 1 aliphatic heterocycles. The van der Waals surface area contributed by atoms with Crippen LogP contribution in [0.3, 0.4) is 0 Å². The standard InChI is InChI=1S/C12H16ClNO3S2/c1-8(12(15)10-3-4-11(13)18-10)14(2)9-5-6-19(16,17)7-9/h3-4,8-9H,5-7H2,1-2H3. The summed E-state index contributed by atoms with van der Waals surface area (Å²) >= 11 is 7.08. The zero-order valence-corrected chi connectivity index (χ0v) is 13.2. The summed E-state index contributed by atoms with van der Waals surface area (Å²) in [5.74, 6) is 0.351. The Morgan fingerprint density at radius 1 is 1.53 bits per heavy atom. The number of halogens is 1. The Morgan fingerprint density at radius 3 is 2.68 bits per heavy atom. The lowest BCUT2D eigenvalue weighted by Crippen LogP contribution is -2.43. The first-order chi connectivity index (χ1) is 8.80. The monoisotopic (exact) mass is 321 g/mol. The van der Waals surface area contributed by atoms with Crippen LogP contribution in [-0.4, -0.2) is 49.7 Å². The van der Waals surface area contributed by atoms with Gasteiger partial charge in [-0.2, -0.15) is 0 Å². The fraction of sp³-hybridized carbons (Fsp3) is 0.583. The molecule has 1 aromatic heterocycles. The van der Waals surface area contributed by atoms with Gasteiger partial charge in [0.25, 0.3) is 0 Å². The fourth-order valence-electron chi connectivity index (χ4n) is 2.25. The zero-order chi connectivity index (χ0) is 14.2. The molecular formula is C12H16ClNO3S2. The number of thiophene rings is 1. The molecule has 0 saturated carbocycles. The van der Waals surface area contributed by atoms with E-state index in [2.05, 4.69) is 0 Å². The third kappa shape index (κ3) is 3.37. The van der Waals surface area contributed by atoms with Gasteiger partial charge in [0.05, 0.1) is 26.8 Å². The van der Waals surface area contributed by atoms with E-state index in [4.69, 9.17) is 11.6 Å². The van der Waals surface area contributed by atoms with Crippen molar-refractivity contribution in [3.05, 3.63) is 21.3 Å². The molecule has 0 radical (unpaired) electrons. The quantitative estimate of drug-likeness (QED) is 0.797. The molecule has 2 unspecified atom stereocenters. The number of carbonyl (C=O) groups excluding carboxylic acids is 1. The van der Waals surface area contributed by atoms with Crippen LogP contribution in [0.5, 0.6) is 0 Å². The van der Waals surface area contributed by atoms with Gasteiger partial charge in [-0.1, -0.05) is 11.6 Å². The highest BCUT2D eigenvalue weighted by Gasteiger charge is 2.34. The van der Waals surface area contributed by atoms with Crippen LogP contribution in [0.15, 0.2) is 12.1 Å². The maximum Gasteiger partial charge on any atom is 0.189 e. The van der Waals surface area contributed by atoms with Crippen molar-refractivity contribution in [2.24, 2.45) is 0 Å². The van der Waals surface area contributed by atoms with Gasteiger partial charge in [-0.3, -0.25) is 9.69 Å². The van der Waals surface area contributed by atoms with Crippen LogP contribution in [-0.2, 0) is 9.84 Å². The maximum absolute atomic E-state index is 12.3. The van der Waals surface area contributed by atoms with Crippen molar-refractivity contribution >= 4 is 38.6 Å². The fourth-order valence-corrected chi connectivity index (χ4v) is 5.10. The Balaban J connectivity index is 2.07. The van der Waals surface area contributed by atoms with Crippen LogP contribution in [0.2, 0.25) is 4.34 Å². The topological polar surface area (TPSA) is 54.5 Å². The van der Waals surface area contributed by atoms with Gasteiger partial charge in [-0.15, -0.1) is 11.3 Å². The Labute approximate surface area is 122 Å². The van der Waals surface area contributed by atoms with Crippen molar-refractivity contribution in [2.75, 3.05) is 18.6 Å². The summed E-state index contributed by atoms with van der Waals surface area (Å²) in [5, 5.41) is 0. The number of hydrogen-bond donors (Lipinski definition) is 0. The molecule has 7 heteroatoms. The predicted octanol–water partition coefficient (Wildman–Crippen LogP) is 2.09. The number of Topliss-reactive ketones (excluding diaryl/α,β-unsaturated/α-hetero) is 1. The predicted molar refractivity (Wildman–Crippen MR) is 77.9 cm³/mol. The van der Waals surface area contributed by atoms with Crippen LogP contribution in [0.25, 0.3) is 0 Å². The second-order valence-corrected chi connectivity index (χ2v) is 8.81. The molecule has 0 N–H and O–H groups in total. The van der Waals surface area contributed by atoms with E-state index < -0.39 is 9.84 Å². The Bertz CT molecular complexity index is 582. The van der Waals surface area contributed by atoms with Crippen molar-refractivity contribution in [2.45, 2.75) is 25.4 Å². The van der Waals surface area contributed by atoms with Crippen molar-refractivity contribution in [3.8, 4) is 0 Å². The van der Waals surface area contributed by atoms with E-state index in [0.29, 0.717) is 15.6 Å². The average Bonchev–Trinajstić information content (AvgIpc) is 2.92. The molecule has 1 fully saturated rings. The molecule has 0 aromatic carbocycles. The number of ketones is 1. The summed E-state index contributed by atoms with van der Waals surface area (Å²) in [7, 11) is -1.12. The molecule has 0 aliphatic carbocycles. The van der Waals surface area contributed by atoms with Crippen LogP contribution in [0.1, 0.15) is 23.0 Å². The van der Waals surface area contributed by atoms with E-state index in [-0.39, 0.29) is 29.4 Å². The van der Waals surface area contributed by atoms with E-state index in [1.54, 1.807) is 19.1 Å². The Kier molecular flexibility index (Phi) is 4.35. The number of hydrogen-bond acceptors (Lipinski definition) is 5. The highest BCUT2D eigenvalue weighted by molar-refractivity contribution is 7.91. The van der Waals surface area contributed by atoms with E-state index in [1.807, 2.05) is 11.9 Å². The lowest BCUT2D eigenvalue weighted by molar-refractivity contribution is 0.0834. The van der Waals surface area contributed by atoms with Gasteiger partial charge in [0.2, 0.25) is 0 Å². The molecule has 2 atom stereocenters. The highest BCUT2D eigenvalue weighted by atomic mass is 35.5. The molecule has 4 nitrogen and oxygen atoms in total. The lowest BCUT2D eigenvalue weighted by atomic mass is 10.1. The van der Waals surface area contributed by atoms with Gasteiger partial charge in [0.15, 0.2) is 15.6 Å². The van der Waals surface area contributed by atoms with Crippen molar-refractivity contribution in [3.63, 3.8) is 0 Å². The molecule has 19 heavy (non-hydrogen) atoms. The summed E-state index contributed by atoms with van der Waals surface area (Å²) < 4.78 is 23.6. The maximum atomic E-state index is 12.3. The smallest absolute Gasteiger partial charge is 0.189 e. The molecule has 2 rings (SSSR count). The van der Waals surface area contributed by atoms with Gasteiger partial charge < -0.3 is 0 Å². The van der Waals surface area contributed by atoms with Gasteiger partial charge in [0.1, 0.15) is 0 Å². The summed E-state index contributed by atoms with van der Waals surface area (Å²) in [5.41, 5.74) is 0. The zero-order valence-electron chi connectivity index (χ0n) is 10.8. The Morgan fingerprint density at radius 2 is 2.21 bits per heavy atom. The minimum atomic E-state index is -2.93. The SMILES string of the molecule is CC(C(=O)c1ccc(Cl)s1)N(C)C1CCS(=O)(=O)C1. The lowest BCUT2D eigenvalue weighted by Gasteiger charge is -2.28. The van der Waals surface area contributed by atoms with E-state index in [1.165, 1.54) is 11.3 Å². The van der Waals surface area contributed by atoms with Crippen molar-refractivity contribution in [1.29, 1.82) is 0 Å². The first-order valence-corrected chi connectivity index (χ1v) is 9.03. The molecular weight excluding hydrogens is 306 g/mol. The summed E-state index contributed by atoms with van der Waals surface area (Å²) in [6, 6.07) is 3.00. The first kappa shape index (κ1) is 15.0. The van der Waals surface area contributed by atoms with E-state index in [0.717, 1.165) is 0 Å². The normalized spacial score (nSPS) is 23.7. The van der Waals surface area contributed by atoms with Gasteiger partial charge in [0, 0.05) is 6.04 Å². The largest absolute Gasteiger partial charge is 0.293 e. The minimum absolute atomic E-state index is 0.0105. The van der Waals surface area contributed by atoms with Crippen LogP contribution < -0.4 is 0 Å². The third-order valence-corrected chi connectivity index (χ3v) is 6.59. The number of likely N-dealkylation sites (N-methyl/N-ethyl adjacent to an activating group) is 1. The van der Waals surface area contributed by atoms with Crippen molar-refractivity contribution < 1.29 is 13.2 Å². The molecule has 0 amide bonds. The molecule has 1 aliphatic rings. The first-order valence-electron chi connectivity index (χ1n) is 6.02. The van der Waals surface area contributed by atoms with Gasteiger partial charge in [-0.25, -0.2) is 8.42 Å². The number of carbonyl (C=O) groups is 1. The molecule has 0 bridgehead atoms. The van der Waals surface area contributed by atoms with E-state index in [9.17, 15) is 13.2 Å². The molecule has 2 heterocycles.